The Morgan fingerprint density at radius 1 is 1.44 bits per heavy atom. The lowest BCUT2D eigenvalue weighted by Gasteiger charge is -2.25. The molecule has 1 aliphatic rings. The van der Waals surface area contributed by atoms with Crippen LogP contribution in [-0.4, -0.2) is 22.6 Å². The van der Waals surface area contributed by atoms with Crippen LogP contribution in [0, 0.1) is 6.92 Å². The predicted octanol–water partition coefficient (Wildman–Crippen LogP) is 2.27. The number of piperidine rings is 1. The van der Waals surface area contributed by atoms with Gasteiger partial charge in [0.1, 0.15) is 0 Å². The van der Waals surface area contributed by atoms with Crippen molar-refractivity contribution in [2.75, 3.05) is 13.1 Å². The van der Waals surface area contributed by atoms with Gasteiger partial charge in [0, 0.05) is 12.6 Å². The molecule has 0 amide bonds. The Kier molecular flexibility index (Phi) is 2.40. The third-order valence-corrected chi connectivity index (χ3v) is 3.46. The highest BCUT2D eigenvalue weighted by Gasteiger charge is 2.17. The number of aromatic nitrogens is 2. The van der Waals surface area contributed by atoms with E-state index in [-0.39, 0.29) is 0 Å². The van der Waals surface area contributed by atoms with Crippen LogP contribution in [0.3, 0.4) is 0 Å². The van der Waals surface area contributed by atoms with Gasteiger partial charge < -0.3 is 9.88 Å². The van der Waals surface area contributed by atoms with Gasteiger partial charge in [0.2, 0.25) is 0 Å². The molecule has 3 rings (SSSR count). The van der Waals surface area contributed by atoms with E-state index in [1.165, 1.54) is 23.9 Å². The summed E-state index contributed by atoms with van der Waals surface area (Å²) in [5, 5.41) is 3.46. The van der Waals surface area contributed by atoms with E-state index in [9.17, 15) is 0 Å². The van der Waals surface area contributed by atoms with Gasteiger partial charge in [-0.2, -0.15) is 0 Å². The smallest absolute Gasteiger partial charge is 0.0961 e. The second-order valence-electron chi connectivity index (χ2n) is 4.59. The van der Waals surface area contributed by atoms with Gasteiger partial charge in [0.25, 0.3) is 0 Å². The van der Waals surface area contributed by atoms with Crippen molar-refractivity contribution in [2.24, 2.45) is 0 Å². The van der Waals surface area contributed by atoms with E-state index in [1.807, 2.05) is 6.33 Å². The van der Waals surface area contributed by atoms with Crippen molar-refractivity contribution in [3.63, 3.8) is 0 Å². The topological polar surface area (TPSA) is 29.9 Å². The number of nitrogens with zero attached hydrogens (tertiary/aromatic N) is 2. The fraction of sp³-hybridized carbons (Fsp3) is 0.462. The Labute approximate surface area is 95.5 Å². The number of fused-ring (bicyclic) bond motifs is 1. The van der Waals surface area contributed by atoms with Crippen molar-refractivity contribution in [3.05, 3.63) is 30.1 Å². The molecule has 1 saturated heterocycles. The number of aryl methyl sites for hydroxylation is 1. The third-order valence-electron chi connectivity index (χ3n) is 3.46. The van der Waals surface area contributed by atoms with Gasteiger partial charge in [-0.05, 0) is 37.9 Å². The molecule has 0 aliphatic carbocycles. The SMILES string of the molecule is Cc1cccc2ncn(C3CCCNC3)c12. The van der Waals surface area contributed by atoms with Gasteiger partial charge in [-0.25, -0.2) is 4.98 Å². The van der Waals surface area contributed by atoms with E-state index in [1.54, 1.807) is 0 Å². The van der Waals surface area contributed by atoms with Crippen LogP contribution < -0.4 is 5.32 Å². The quantitative estimate of drug-likeness (QED) is 0.791. The highest BCUT2D eigenvalue weighted by atomic mass is 15.1. The van der Waals surface area contributed by atoms with Gasteiger partial charge in [0.05, 0.1) is 17.4 Å². The molecule has 1 unspecified atom stereocenters. The van der Waals surface area contributed by atoms with E-state index in [2.05, 4.69) is 40.0 Å². The molecule has 0 saturated carbocycles. The Morgan fingerprint density at radius 2 is 2.38 bits per heavy atom. The Hall–Kier alpha value is -1.35. The standard InChI is InChI=1S/C13H17N3/c1-10-4-2-6-12-13(10)16(9-15-12)11-5-3-7-14-8-11/h2,4,6,9,11,14H,3,5,7-8H2,1H3. The van der Waals surface area contributed by atoms with E-state index in [4.69, 9.17) is 0 Å². The van der Waals surface area contributed by atoms with E-state index in [0.29, 0.717) is 6.04 Å². The molecule has 1 N–H and O–H groups in total. The molecule has 1 aromatic carbocycles. The molecule has 0 bridgehead atoms. The summed E-state index contributed by atoms with van der Waals surface area (Å²) >= 11 is 0. The molecule has 2 heterocycles. The van der Waals surface area contributed by atoms with Crippen LogP contribution in [0.15, 0.2) is 24.5 Å². The molecule has 1 atom stereocenters. The van der Waals surface area contributed by atoms with Crippen LogP contribution in [-0.2, 0) is 0 Å². The van der Waals surface area contributed by atoms with Crippen LogP contribution in [0.1, 0.15) is 24.4 Å². The first-order chi connectivity index (χ1) is 7.86. The fourth-order valence-electron chi connectivity index (χ4n) is 2.61. The third kappa shape index (κ3) is 1.52. The van der Waals surface area contributed by atoms with Crippen molar-refractivity contribution in [1.29, 1.82) is 0 Å². The molecule has 1 aromatic heterocycles. The van der Waals surface area contributed by atoms with Gasteiger partial charge in [-0.15, -0.1) is 0 Å². The summed E-state index contributed by atoms with van der Waals surface area (Å²) in [5.41, 5.74) is 3.74. The molecule has 0 radical (unpaired) electrons. The highest BCUT2D eigenvalue weighted by molar-refractivity contribution is 5.78. The summed E-state index contributed by atoms with van der Waals surface area (Å²) < 4.78 is 2.34. The zero-order chi connectivity index (χ0) is 11.0. The number of para-hydroxylation sites is 1. The molecule has 3 nitrogen and oxygen atoms in total. The summed E-state index contributed by atoms with van der Waals surface area (Å²) in [6, 6.07) is 6.90. The lowest BCUT2D eigenvalue weighted by atomic mass is 10.1. The molecule has 0 spiro atoms. The minimum absolute atomic E-state index is 0.569. The second kappa shape index (κ2) is 3.91. The number of hydrogen-bond donors (Lipinski definition) is 1. The van der Waals surface area contributed by atoms with E-state index in [0.717, 1.165) is 18.6 Å². The maximum absolute atomic E-state index is 4.49. The fourth-order valence-corrected chi connectivity index (χ4v) is 2.61. The van der Waals surface area contributed by atoms with Crippen molar-refractivity contribution in [3.8, 4) is 0 Å². The lowest BCUT2D eigenvalue weighted by Crippen LogP contribution is -2.31. The number of hydrogen-bond acceptors (Lipinski definition) is 2. The number of imidazole rings is 1. The molecule has 2 aromatic rings. The molecule has 3 heteroatoms. The highest BCUT2D eigenvalue weighted by Crippen LogP contribution is 2.24. The lowest BCUT2D eigenvalue weighted by molar-refractivity contribution is 0.377. The second-order valence-corrected chi connectivity index (χ2v) is 4.59. The first-order valence-electron chi connectivity index (χ1n) is 5.99. The normalized spacial score (nSPS) is 21.4. The van der Waals surface area contributed by atoms with Gasteiger partial charge >= 0.3 is 0 Å². The average molecular weight is 215 g/mol. The first-order valence-corrected chi connectivity index (χ1v) is 5.99. The van der Waals surface area contributed by atoms with Crippen LogP contribution in [0.4, 0.5) is 0 Å². The van der Waals surface area contributed by atoms with Crippen molar-refractivity contribution < 1.29 is 0 Å². The maximum Gasteiger partial charge on any atom is 0.0961 e. The molecule has 1 aliphatic heterocycles. The van der Waals surface area contributed by atoms with E-state index < -0.39 is 0 Å². The van der Waals surface area contributed by atoms with Crippen LogP contribution in [0.25, 0.3) is 11.0 Å². The van der Waals surface area contributed by atoms with Crippen molar-refractivity contribution in [1.82, 2.24) is 14.9 Å². The summed E-state index contributed by atoms with van der Waals surface area (Å²) in [6.07, 6.45) is 4.51. The maximum atomic E-state index is 4.49. The molecule has 16 heavy (non-hydrogen) atoms. The van der Waals surface area contributed by atoms with Gasteiger partial charge in [-0.1, -0.05) is 12.1 Å². The zero-order valence-electron chi connectivity index (χ0n) is 9.61. The van der Waals surface area contributed by atoms with Crippen LogP contribution in [0.5, 0.6) is 0 Å². The Balaban J connectivity index is 2.09. The summed E-state index contributed by atoms with van der Waals surface area (Å²) in [5.74, 6) is 0. The number of rotatable bonds is 1. The molecular formula is C13H17N3. The summed E-state index contributed by atoms with van der Waals surface area (Å²) in [4.78, 5) is 4.49. The largest absolute Gasteiger partial charge is 0.326 e. The van der Waals surface area contributed by atoms with Crippen LogP contribution >= 0.6 is 0 Å². The zero-order valence-corrected chi connectivity index (χ0v) is 9.61. The van der Waals surface area contributed by atoms with Crippen molar-refractivity contribution >= 4 is 11.0 Å². The molecule has 1 fully saturated rings. The Morgan fingerprint density at radius 3 is 3.19 bits per heavy atom. The van der Waals surface area contributed by atoms with Crippen LogP contribution in [0.2, 0.25) is 0 Å². The minimum Gasteiger partial charge on any atom is -0.326 e. The first kappa shape index (κ1) is 9.85. The monoisotopic (exact) mass is 215 g/mol. The number of benzene rings is 1. The van der Waals surface area contributed by atoms with Crippen molar-refractivity contribution in [2.45, 2.75) is 25.8 Å². The number of nitrogens with one attached hydrogen (secondary N) is 1. The summed E-state index contributed by atoms with van der Waals surface area (Å²) in [6.45, 7) is 4.39. The molecule has 84 valence electrons. The predicted molar refractivity (Wildman–Crippen MR) is 65.6 cm³/mol. The summed E-state index contributed by atoms with van der Waals surface area (Å²) in [7, 11) is 0. The Bertz CT molecular complexity index is 495. The molecular weight excluding hydrogens is 198 g/mol. The minimum atomic E-state index is 0.569. The average Bonchev–Trinajstić information content (AvgIpc) is 2.75. The van der Waals surface area contributed by atoms with Gasteiger partial charge in [-0.3, -0.25) is 0 Å². The van der Waals surface area contributed by atoms with E-state index >= 15 is 0 Å². The van der Waals surface area contributed by atoms with Gasteiger partial charge in [0.15, 0.2) is 0 Å².